The monoisotopic (exact) mass is 318 g/mol. The van der Waals surface area contributed by atoms with E-state index in [0.717, 1.165) is 50.9 Å². The number of carbonyl (C=O) groups excluding carboxylic acids is 2. The lowest BCUT2D eigenvalue weighted by atomic mass is 10.1. The van der Waals surface area contributed by atoms with E-state index in [1.807, 2.05) is 4.90 Å². The summed E-state index contributed by atoms with van der Waals surface area (Å²) < 4.78 is 0. The zero-order chi connectivity index (χ0) is 17.1. The molecule has 0 atom stereocenters. The molecule has 0 heterocycles. The van der Waals surface area contributed by atoms with Crippen LogP contribution >= 0.6 is 0 Å². The van der Waals surface area contributed by atoms with Crippen molar-refractivity contribution in [3.05, 3.63) is 29.8 Å². The van der Waals surface area contributed by atoms with E-state index >= 15 is 0 Å². The molecule has 2 amide bonds. The average Bonchev–Trinajstić information content (AvgIpc) is 2.55. The van der Waals surface area contributed by atoms with Crippen molar-refractivity contribution in [2.75, 3.05) is 18.4 Å². The Morgan fingerprint density at radius 1 is 0.913 bits per heavy atom. The second-order valence-electron chi connectivity index (χ2n) is 5.87. The minimum Gasteiger partial charge on any atom is -0.339 e. The third-order valence-corrected chi connectivity index (χ3v) is 3.70. The van der Waals surface area contributed by atoms with E-state index < -0.39 is 0 Å². The van der Waals surface area contributed by atoms with Gasteiger partial charge in [-0.05, 0) is 43.5 Å². The van der Waals surface area contributed by atoms with Gasteiger partial charge in [-0.2, -0.15) is 0 Å². The third-order valence-electron chi connectivity index (χ3n) is 3.70. The average molecular weight is 318 g/mol. The number of hydrogen-bond acceptors (Lipinski definition) is 2. The highest BCUT2D eigenvalue weighted by molar-refractivity contribution is 5.95. The second-order valence-corrected chi connectivity index (χ2v) is 5.87. The summed E-state index contributed by atoms with van der Waals surface area (Å²) in [5.41, 5.74) is 1.43. The van der Waals surface area contributed by atoms with Crippen LogP contribution < -0.4 is 5.32 Å². The molecule has 1 N–H and O–H groups in total. The summed E-state index contributed by atoms with van der Waals surface area (Å²) in [6.07, 6.45) is 5.56. The first-order valence-corrected chi connectivity index (χ1v) is 8.81. The van der Waals surface area contributed by atoms with Crippen molar-refractivity contribution in [3.8, 4) is 0 Å². The summed E-state index contributed by atoms with van der Waals surface area (Å²) in [6, 6.07) is 7.20. The lowest BCUT2D eigenvalue weighted by Gasteiger charge is -2.21. The molecule has 23 heavy (non-hydrogen) atoms. The van der Waals surface area contributed by atoms with Crippen molar-refractivity contribution in [3.63, 3.8) is 0 Å². The zero-order valence-electron chi connectivity index (χ0n) is 14.7. The van der Waals surface area contributed by atoms with E-state index in [9.17, 15) is 9.59 Å². The Balaban J connectivity index is 2.61. The topological polar surface area (TPSA) is 49.4 Å². The standard InChI is InChI=1S/C19H30N2O2/c1-4-7-8-9-18(22)20-17-12-10-16(11-13-17)19(23)21(14-5-2)15-6-3/h10-13H,4-9,14-15H2,1-3H3,(H,20,22). The Kier molecular flexibility index (Phi) is 9.03. The summed E-state index contributed by atoms with van der Waals surface area (Å²) in [6.45, 7) is 7.83. The third kappa shape index (κ3) is 6.85. The number of nitrogens with one attached hydrogen (secondary N) is 1. The van der Waals surface area contributed by atoms with Crippen molar-refractivity contribution in [2.45, 2.75) is 59.3 Å². The van der Waals surface area contributed by atoms with Crippen LogP contribution in [0.3, 0.4) is 0 Å². The number of amides is 2. The highest BCUT2D eigenvalue weighted by Gasteiger charge is 2.14. The summed E-state index contributed by atoms with van der Waals surface area (Å²) >= 11 is 0. The lowest BCUT2D eigenvalue weighted by Crippen LogP contribution is -2.32. The molecule has 0 bridgehead atoms. The van der Waals surface area contributed by atoms with Gasteiger partial charge < -0.3 is 10.2 Å². The van der Waals surface area contributed by atoms with Gasteiger partial charge in [0.25, 0.3) is 5.91 Å². The predicted molar refractivity (Wildman–Crippen MR) is 95.7 cm³/mol. The normalized spacial score (nSPS) is 10.4. The van der Waals surface area contributed by atoms with Crippen LogP contribution in [0.5, 0.6) is 0 Å². The Morgan fingerprint density at radius 3 is 2.04 bits per heavy atom. The Hall–Kier alpha value is -1.84. The van der Waals surface area contributed by atoms with Crippen LogP contribution in [0.15, 0.2) is 24.3 Å². The molecule has 0 aliphatic heterocycles. The van der Waals surface area contributed by atoms with Crippen LogP contribution in [0.25, 0.3) is 0 Å². The van der Waals surface area contributed by atoms with E-state index in [4.69, 9.17) is 0 Å². The van der Waals surface area contributed by atoms with Gasteiger partial charge in [0.05, 0.1) is 0 Å². The zero-order valence-corrected chi connectivity index (χ0v) is 14.7. The quantitative estimate of drug-likeness (QED) is 0.647. The fraction of sp³-hybridized carbons (Fsp3) is 0.579. The summed E-state index contributed by atoms with van der Waals surface area (Å²) in [5.74, 6) is 0.102. The molecular weight excluding hydrogens is 288 g/mol. The highest BCUT2D eigenvalue weighted by atomic mass is 16.2. The van der Waals surface area contributed by atoms with Crippen molar-refractivity contribution in [1.29, 1.82) is 0 Å². The van der Waals surface area contributed by atoms with E-state index in [2.05, 4.69) is 26.1 Å². The van der Waals surface area contributed by atoms with Crippen molar-refractivity contribution < 1.29 is 9.59 Å². The molecule has 1 rings (SSSR count). The fourth-order valence-corrected chi connectivity index (χ4v) is 2.49. The number of carbonyl (C=O) groups is 2. The van der Waals surface area contributed by atoms with Crippen molar-refractivity contribution in [2.24, 2.45) is 0 Å². The van der Waals surface area contributed by atoms with E-state index in [1.54, 1.807) is 24.3 Å². The molecule has 0 fully saturated rings. The number of anilines is 1. The van der Waals surface area contributed by atoms with Crippen LogP contribution in [-0.2, 0) is 4.79 Å². The first-order chi connectivity index (χ1) is 11.1. The number of nitrogens with zero attached hydrogens (tertiary/aromatic N) is 1. The Labute approximate surface area is 140 Å². The molecule has 1 aromatic rings. The summed E-state index contributed by atoms with van der Waals surface area (Å²) in [4.78, 5) is 26.2. The van der Waals surface area contributed by atoms with Crippen LogP contribution in [0, 0.1) is 0 Å². The van der Waals surface area contributed by atoms with E-state index in [0.29, 0.717) is 12.0 Å². The molecule has 0 aliphatic rings. The van der Waals surface area contributed by atoms with Gasteiger partial charge in [0.1, 0.15) is 0 Å². The fourth-order valence-electron chi connectivity index (χ4n) is 2.49. The predicted octanol–water partition coefficient (Wildman–Crippen LogP) is 4.47. The summed E-state index contributed by atoms with van der Waals surface area (Å²) in [7, 11) is 0. The molecular formula is C19H30N2O2. The van der Waals surface area contributed by atoms with Gasteiger partial charge in [0, 0.05) is 30.8 Å². The largest absolute Gasteiger partial charge is 0.339 e. The minimum atomic E-state index is 0.0381. The van der Waals surface area contributed by atoms with Crippen LogP contribution in [0.4, 0.5) is 5.69 Å². The molecule has 0 radical (unpaired) electrons. The molecule has 0 unspecified atom stereocenters. The van der Waals surface area contributed by atoms with E-state index in [-0.39, 0.29) is 11.8 Å². The van der Waals surface area contributed by atoms with Crippen LogP contribution in [-0.4, -0.2) is 29.8 Å². The molecule has 0 aliphatic carbocycles. The molecule has 128 valence electrons. The number of hydrogen-bond donors (Lipinski definition) is 1. The van der Waals surface area contributed by atoms with Crippen molar-refractivity contribution >= 4 is 17.5 Å². The van der Waals surface area contributed by atoms with Gasteiger partial charge in [0.2, 0.25) is 5.91 Å². The summed E-state index contributed by atoms with van der Waals surface area (Å²) in [5, 5.41) is 2.88. The van der Waals surface area contributed by atoms with Gasteiger partial charge in [-0.3, -0.25) is 9.59 Å². The van der Waals surface area contributed by atoms with Crippen molar-refractivity contribution in [1.82, 2.24) is 4.90 Å². The highest BCUT2D eigenvalue weighted by Crippen LogP contribution is 2.13. The molecule has 0 aromatic heterocycles. The molecule has 4 heteroatoms. The van der Waals surface area contributed by atoms with Gasteiger partial charge in [0.15, 0.2) is 0 Å². The van der Waals surface area contributed by atoms with E-state index in [1.165, 1.54) is 0 Å². The molecule has 0 saturated heterocycles. The smallest absolute Gasteiger partial charge is 0.253 e. The minimum absolute atomic E-state index is 0.0381. The second kappa shape index (κ2) is 10.8. The van der Waals surface area contributed by atoms with Crippen LogP contribution in [0.2, 0.25) is 0 Å². The molecule has 0 saturated carbocycles. The number of rotatable bonds is 10. The Bertz CT molecular complexity index is 477. The maximum absolute atomic E-state index is 12.5. The van der Waals surface area contributed by atoms with Gasteiger partial charge >= 0.3 is 0 Å². The number of unbranched alkanes of at least 4 members (excludes halogenated alkanes) is 2. The van der Waals surface area contributed by atoms with Crippen LogP contribution in [0.1, 0.15) is 69.7 Å². The lowest BCUT2D eigenvalue weighted by molar-refractivity contribution is -0.116. The maximum Gasteiger partial charge on any atom is 0.253 e. The number of benzene rings is 1. The maximum atomic E-state index is 12.5. The van der Waals surface area contributed by atoms with Gasteiger partial charge in [-0.1, -0.05) is 33.6 Å². The van der Waals surface area contributed by atoms with Gasteiger partial charge in [-0.15, -0.1) is 0 Å². The molecule has 1 aromatic carbocycles. The molecule has 4 nitrogen and oxygen atoms in total. The molecule has 0 spiro atoms. The Morgan fingerprint density at radius 2 is 1.52 bits per heavy atom. The van der Waals surface area contributed by atoms with Gasteiger partial charge in [-0.25, -0.2) is 0 Å². The first-order valence-electron chi connectivity index (χ1n) is 8.81. The first kappa shape index (κ1) is 19.2. The SMILES string of the molecule is CCCCCC(=O)Nc1ccc(C(=O)N(CCC)CCC)cc1.